The Morgan fingerprint density at radius 3 is 2.53 bits per heavy atom. The van der Waals surface area contributed by atoms with E-state index in [9.17, 15) is 18.0 Å². The molecular formula is C24H21F3O3. The van der Waals surface area contributed by atoms with Crippen LogP contribution in [0.15, 0.2) is 64.3 Å². The van der Waals surface area contributed by atoms with Crippen LogP contribution >= 0.6 is 0 Å². The van der Waals surface area contributed by atoms with Crippen LogP contribution in [0, 0.1) is 5.82 Å². The second-order valence-corrected chi connectivity index (χ2v) is 6.74. The molecule has 0 aliphatic carbocycles. The number of hydrogen-bond donors (Lipinski definition) is 0. The molecule has 6 heteroatoms. The van der Waals surface area contributed by atoms with Crippen molar-refractivity contribution in [3.05, 3.63) is 88.2 Å². The first-order chi connectivity index (χ1) is 14.5. The maximum Gasteiger partial charge on any atom is 0.347 e. The highest BCUT2D eigenvalue weighted by molar-refractivity contribution is 5.88. The molecule has 0 atom stereocenters. The molecule has 3 nitrogen and oxygen atoms in total. The summed E-state index contributed by atoms with van der Waals surface area (Å²) < 4.78 is 54.1. The molecule has 156 valence electrons. The van der Waals surface area contributed by atoms with Gasteiger partial charge in [0, 0.05) is 5.56 Å². The molecule has 0 bridgehead atoms. The molecule has 3 aromatic rings. The average Bonchev–Trinajstić information content (AvgIpc) is 2.76. The molecule has 0 fully saturated rings. The number of rotatable bonds is 8. The van der Waals surface area contributed by atoms with Gasteiger partial charge < -0.3 is 9.15 Å². The summed E-state index contributed by atoms with van der Waals surface area (Å²) >= 11 is 0. The smallest absolute Gasteiger partial charge is 0.347 e. The van der Waals surface area contributed by atoms with Gasteiger partial charge in [0.2, 0.25) is 5.83 Å². The maximum absolute atomic E-state index is 14.7. The van der Waals surface area contributed by atoms with E-state index in [1.54, 1.807) is 18.2 Å². The van der Waals surface area contributed by atoms with Gasteiger partial charge in [0.25, 0.3) is 0 Å². The maximum atomic E-state index is 14.7. The second-order valence-electron chi connectivity index (χ2n) is 6.74. The van der Waals surface area contributed by atoms with Gasteiger partial charge in [0.1, 0.15) is 5.39 Å². The first kappa shape index (κ1) is 21.4. The Balaban J connectivity index is 1.98. The second kappa shape index (κ2) is 9.48. The zero-order valence-corrected chi connectivity index (χ0v) is 16.5. The van der Waals surface area contributed by atoms with E-state index in [1.165, 1.54) is 24.3 Å². The third kappa shape index (κ3) is 4.48. The summed E-state index contributed by atoms with van der Waals surface area (Å²) in [6.07, 6.45) is 3.95. The fraction of sp³-hybridized carbons (Fsp3) is 0.208. The van der Waals surface area contributed by atoms with Crippen molar-refractivity contribution in [1.82, 2.24) is 0 Å². The van der Waals surface area contributed by atoms with Gasteiger partial charge in [-0.1, -0.05) is 43.3 Å². The van der Waals surface area contributed by atoms with Crippen molar-refractivity contribution in [2.45, 2.75) is 26.2 Å². The number of halogens is 3. The highest BCUT2D eigenvalue weighted by atomic mass is 19.2. The van der Waals surface area contributed by atoms with Crippen LogP contribution in [0.4, 0.5) is 13.2 Å². The quantitative estimate of drug-likeness (QED) is 0.390. The predicted octanol–water partition coefficient (Wildman–Crippen LogP) is 6.60. The Kier molecular flexibility index (Phi) is 6.77. The lowest BCUT2D eigenvalue weighted by molar-refractivity contribution is 0.302. The predicted molar refractivity (Wildman–Crippen MR) is 112 cm³/mol. The number of allylic oxidation sites excluding steroid dienone is 1. The minimum atomic E-state index is -1.33. The Labute approximate surface area is 172 Å². The van der Waals surface area contributed by atoms with Crippen LogP contribution in [0.3, 0.4) is 0 Å². The van der Waals surface area contributed by atoms with Crippen molar-refractivity contribution in [1.29, 1.82) is 0 Å². The topological polar surface area (TPSA) is 39.4 Å². The van der Waals surface area contributed by atoms with Crippen LogP contribution in [0.2, 0.25) is 0 Å². The van der Waals surface area contributed by atoms with Gasteiger partial charge in [-0.25, -0.2) is 13.6 Å². The summed E-state index contributed by atoms with van der Waals surface area (Å²) in [6, 6.07) is 10.1. The molecule has 0 N–H and O–H groups in total. The van der Waals surface area contributed by atoms with Crippen LogP contribution in [-0.2, 0) is 6.42 Å². The molecule has 0 unspecified atom stereocenters. The molecule has 0 aliphatic heterocycles. The third-order valence-corrected chi connectivity index (χ3v) is 4.55. The van der Waals surface area contributed by atoms with E-state index in [4.69, 9.17) is 9.15 Å². The lowest BCUT2D eigenvalue weighted by Crippen LogP contribution is -2.06. The number of hydrogen-bond acceptors (Lipinski definition) is 3. The standard InChI is InChI=1S/C24H21F3O3/c1-3-5-6-15-7-9-16(10-8-15)21(25)23(27)19-14-17-11-12-18(29-13-4-2)22(26)20(17)24(28)30-19/h3,7-12,14H,1,4-6,13H2,2H3/b23-21+. The lowest BCUT2D eigenvalue weighted by atomic mass is 10.1. The highest BCUT2D eigenvalue weighted by Gasteiger charge is 2.19. The fourth-order valence-corrected chi connectivity index (χ4v) is 2.97. The van der Waals surface area contributed by atoms with Crippen molar-refractivity contribution in [3.8, 4) is 5.75 Å². The highest BCUT2D eigenvalue weighted by Crippen LogP contribution is 2.31. The molecule has 1 heterocycles. The van der Waals surface area contributed by atoms with Crippen molar-refractivity contribution in [2.75, 3.05) is 6.61 Å². The number of fused-ring (bicyclic) bond motifs is 1. The van der Waals surface area contributed by atoms with Crippen LogP contribution in [0.25, 0.3) is 22.4 Å². The van der Waals surface area contributed by atoms with Gasteiger partial charge in [0.15, 0.2) is 23.2 Å². The zero-order valence-electron chi connectivity index (χ0n) is 16.5. The van der Waals surface area contributed by atoms with Gasteiger partial charge in [-0.05, 0) is 42.3 Å². The Hall–Kier alpha value is -3.28. The van der Waals surface area contributed by atoms with Crippen LogP contribution in [-0.4, -0.2) is 6.61 Å². The van der Waals surface area contributed by atoms with E-state index in [0.717, 1.165) is 24.5 Å². The van der Waals surface area contributed by atoms with Crippen LogP contribution < -0.4 is 10.4 Å². The third-order valence-electron chi connectivity index (χ3n) is 4.55. The molecule has 0 spiro atoms. The molecule has 1 aromatic heterocycles. The molecule has 0 amide bonds. The van der Waals surface area contributed by atoms with Gasteiger partial charge in [-0.15, -0.1) is 6.58 Å². The van der Waals surface area contributed by atoms with Crippen molar-refractivity contribution >= 4 is 22.4 Å². The van der Waals surface area contributed by atoms with Crippen molar-refractivity contribution in [2.24, 2.45) is 0 Å². The molecule has 30 heavy (non-hydrogen) atoms. The molecule has 0 saturated carbocycles. The van der Waals surface area contributed by atoms with Gasteiger partial charge in [-0.3, -0.25) is 0 Å². The summed E-state index contributed by atoms with van der Waals surface area (Å²) in [6.45, 7) is 5.78. The van der Waals surface area contributed by atoms with E-state index in [0.29, 0.717) is 6.42 Å². The summed E-state index contributed by atoms with van der Waals surface area (Å²) in [5.74, 6) is -4.09. The van der Waals surface area contributed by atoms with E-state index in [-0.39, 0.29) is 28.7 Å². The fourth-order valence-electron chi connectivity index (χ4n) is 2.97. The van der Waals surface area contributed by atoms with Gasteiger partial charge in [0.05, 0.1) is 6.61 Å². The largest absolute Gasteiger partial charge is 0.491 e. The Morgan fingerprint density at radius 1 is 1.13 bits per heavy atom. The minimum absolute atomic E-state index is 0.00657. The first-order valence-corrected chi connectivity index (χ1v) is 9.61. The molecule has 0 aliphatic rings. The van der Waals surface area contributed by atoms with Crippen molar-refractivity contribution < 1.29 is 22.3 Å². The summed E-state index contributed by atoms with van der Waals surface area (Å²) in [4.78, 5) is 12.3. The number of ether oxygens (including phenoxy) is 1. The molecule has 2 aromatic carbocycles. The van der Waals surface area contributed by atoms with Gasteiger partial charge >= 0.3 is 5.63 Å². The van der Waals surface area contributed by atoms with Crippen molar-refractivity contribution in [3.63, 3.8) is 0 Å². The average molecular weight is 414 g/mol. The van der Waals surface area contributed by atoms with Crippen LogP contribution in [0.1, 0.15) is 36.7 Å². The summed E-state index contributed by atoms with van der Waals surface area (Å²) in [5.41, 5.74) is -0.141. The Morgan fingerprint density at radius 2 is 1.87 bits per heavy atom. The SMILES string of the molecule is C=CCCc1ccc(/C(F)=C(\F)c2cc3ccc(OCCC)c(F)c3c(=O)o2)cc1. The first-order valence-electron chi connectivity index (χ1n) is 9.61. The van der Waals surface area contributed by atoms with E-state index in [1.807, 2.05) is 6.92 Å². The molecular weight excluding hydrogens is 393 g/mol. The van der Waals surface area contributed by atoms with E-state index in [2.05, 4.69) is 6.58 Å². The normalized spacial score (nSPS) is 12.0. The number of benzene rings is 2. The minimum Gasteiger partial charge on any atom is -0.491 e. The van der Waals surface area contributed by atoms with Crippen LogP contribution in [0.5, 0.6) is 5.75 Å². The van der Waals surface area contributed by atoms with E-state index < -0.39 is 28.9 Å². The van der Waals surface area contributed by atoms with Gasteiger partial charge in [-0.2, -0.15) is 4.39 Å². The molecule has 3 rings (SSSR count). The monoisotopic (exact) mass is 414 g/mol. The van der Waals surface area contributed by atoms with E-state index >= 15 is 0 Å². The zero-order chi connectivity index (χ0) is 21.7. The lowest BCUT2D eigenvalue weighted by Gasteiger charge is -2.08. The Bertz CT molecular complexity index is 1140. The molecule has 0 radical (unpaired) electrons. The molecule has 0 saturated heterocycles. The summed E-state index contributed by atoms with van der Waals surface area (Å²) in [7, 11) is 0. The summed E-state index contributed by atoms with van der Waals surface area (Å²) in [5, 5.41) is -0.280. The number of aryl methyl sites for hydroxylation is 1.